The van der Waals surface area contributed by atoms with Gasteiger partial charge in [-0.2, -0.15) is 0 Å². The lowest BCUT2D eigenvalue weighted by atomic mass is 10.5. The summed E-state index contributed by atoms with van der Waals surface area (Å²) in [5, 5.41) is 11.4. The number of rotatable bonds is 1. The maximum absolute atomic E-state index is 10.9. The summed E-state index contributed by atoms with van der Waals surface area (Å²) < 4.78 is 2.23. The van der Waals surface area contributed by atoms with Crippen molar-refractivity contribution in [2.75, 3.05) is 0 Å². The minimum atomic E-state index is -0.597. The van der Waals surface area contributed by atoms with Gasteiger partial charge in [0.1, 0.15) is 0 Å². The Morgan fingerprint density at radius 3 is 2.09 bits per heavy atom. The first-order chi connectivity index (χ1) is 5.09. The summed E-state index contributed by atoms with van der Waals surface area (Å²) in [6.07, 6.45) is 0. The molecule has 0 atom stereocenters. The van der Waals surface area contributed by atoms with Gasteiger partial charge in [0.15, 0.2) is 0 Å². The van der Waals surface area contributed by atoms with Crippen LogP contribution in [-0.4, -0.2) is 14.5 Å². The normalized spacial score (nSPS) is 10.0. The van der Waals surface area contributed by atoms with E-state index in [9.17, 15) is 9.70 Å². The SMILES string of the molecule is Cn1c(O)c(N=O)c(=O)n1C. The topological polar surface area (TPSA) is 76.6 Å². The van der Waals surface area contributed by atoms with E-state index in [-0.39, 0.29) is 0 Å². The van der Waals surface area contributed by atoms with E-state index < -0.39 is 17.1 Å². The summed E-state index contributed by atoms with van der Waals surface area (Å²) in [4.78, 5) is 20.9. The van der Waals surface area contributed by atoms with Crippen molar-refractivity contribution in [3.8, 4) is 5.88 Å². The van der Waals surface area contributed by atoms with Gasteiger partial charge in [-0.25, -0.2) is 4.68 Å². The smallest absolute Gasteiger partial charge is 0.300 e. The molecule has 1 heterocycles. The molecule has 0 aliphatic carbocycles. The molecule has 0 saturated carbocycles. The average molecular weight is 157 g/mol. The summed E-state index contributed by atoms with van der Waals surface area (Å²) >= 11 is 0. The van der Waals surface area contributed by atoms with Gasteiger partial charge in [-0.1, -0.05) is 0 Å². The molecule has 11 heavy (non-hydrogen) atoms. The van der Waals surface area contributed by atoms with Gasteiger partial charge in [-0.05, 0) is 5.18 Å². The molecule has 0 fully saturated rings. The van der Waals surface area contributed by atoms with E-state index in [2.05, 4.69) is 5.18 Å². The highest BCUT2D eigenvalue weighted by Crippen LogP contribution is 2.19. The van der Waals surface area contributed by atoms with Crippen LogP contribution in [0.1, 0.15) is 0 Å². The quantitative estimate of drug-likeness (QED) is 0.575. The number of hydrogen-bond donors (Lipinski definition) is 1. The third-order valence-electron chi connectivity index (χ3n) is 1.56. The van der Waals surface area contributed by atoms with Crippen LogP contribution in [0, 0.1) is 4.91 Å². The number of aromatic hydroxyl groups is 1. The predicted octanol–water partition coefficient (Wildman–Crippen LogP) is -0.173. The molecule has 6 heteroatoms. The van der Waals surface area contributed by atoms with E-state index in [0.717, 1.165) is 9.36 Å². The molecule has 60 valence electrons. The Bertz CT molecular complexity index is 349. The second kappa shape index (κ2) is 2.22. The maximum atomic E-state index is 10.9. The number of hydrogen-bond acceptors (Lipinski definition) is 4. The minimum Gasteiger partial charge on any atom is -0.492 e. The molecule has 0 spiro atoms. The van der Waals surface area contributed by atoms with Gasteiger partial charge in [0.2, 0.25) is 11.6 Å². The third kappa shape index (κ3) is 0.830. The highest BCUT2D eigenvalue weighted by Gasteiger charge is 2.14. The van der Waals surface area contributed by atoms with Crippen LogP contribution < -0.4 is 5.56 Å². The van der Waals surface area contributed by atoms with Crippen LogP contribution in [0.3, 0.4) is 0 Å². The summed E-state index contributed by atoms with van der Waals surface area (Å²) in [5.74, 6) is -0.410. The summed E-state index contributed by atoms with van der Waals surface area (Å²) in [6, 6.07) is 0. The highest BCUT2D eigenvalue weighted by atomic mass is 16.3. The fourth-order valence-corrected chi connectivity index (χ4v) is 0.760. The lowest BCUT2D eigenvalue weighted by Crippen LogP contribution is -2.16. The molecular formula is C5H7N3O3. The minimum absolute atomic E-state index is 0.410. The molecule has 0 aliphatic heterocycles. The Morgan fingerprint density at radius 1 is 1.36 bits per heavy atom. The number of nitroso groups, excluding NO2 is 1. The molecule has 1 aromatic rings. The van der Waals surface area contributed by atoms with Crippen LogP contribution >= 0.6 is 0 Å². The van der Waals surface area contributed by atoms with E-state index in [4.69, 9.17) is 5.11 Å². The second-order valence-corrected chi connectivity index (χ2v) is 2.12. The van der Waals surface area contributed by atoms with Crippen molar-refractivity contribution in [2.45, 2.75) is 0 Å². The van der Waals surface area contributed by atoms with Crippen LogP contribution in [0.15, 0.2) is 9.97 Å². The summed E-state index contributed by atoms with van der Waals surface area (Å²) in [6.45, 7) is 0. The first kappa shape index (κ1) is 7.52. The zero-order valence-electron chi connectivity index (χ0n) is 6.11. The Labute approximate surface area is 61.6 Å². The molecule has 1 N–H and O–H groups in total. The van der Waals surface area contributed by atoms with Crippen molar-refractivity contribution >= 4 is 5.69 Å². The summed E-state index contributed by atoms with van der Waals surface area (Å²) in [5.41, 5.74) is -1.05. The molecular weight excluding hydrogens is 150 g/mol. The Balaban J connectivity index is 3.61. The van der Waals surface area contributed by atoms with Gasteiger partial charge < -0.3 is 5.11 Å². The van der Waals surface area contributed by atoms with Crippen molar-refractivity contribution in [2.24, 2.45) is 19.3 Å². The van der Waals surface area contributed by atoms with Gasteiger partial charge in [-0.15, -0.1) is 4.91 Å². The molecule has 1 aromatic heterocycles. The number of aromatic nitrogens is 2. The van der Waals surface area contributed by atoms with E-state index in [1.807, 2.05) is 0 Å². The predicted molar refractivity (Wildman–Crippen MR) is 37.8 cm³/mol. The van der Waals surface area contributed by atoms with Crippen molar-refractivity contribution in [1.82, 2.24) is 9.36 Å². The van der Waals surface area contributed by atoms with Crippen LogP contribution in [0.5, 0.6) is 5.88 Å². The number of nitrogens with zero attached hydrogens (tertiary/aromatic N) is 3. The van der Waals surface area contributed by atoms with Crippen LogP contribution in [-0.2, 0) is 14.1 Å². The van der Waals surface area contributed by atoms with Crippen LogP contribution in [0.25, 0.3) is 0 Å². The van der Waals surface area contributed by atoms with Gasteiger partial charge in [0.25, 0.3) is 5.56 Å². The second-order valence-electron chi connectivity index (χ2n) is 2.12. The lowest BCUT2D eigenvalue weighted by molar-refractivity contribution is 0.398. The molecule has 0 aliphatic rings. The van der Waals surface area contributed by atoms with Gasteiger partial charge in [-0.3, -0.25) is 9.48 Å². The van der Waals surface area contributed by atoms with E-state index in [0.29, 0.717) is 0 Å². The first-order valence-corrected chi connectivity index (χ1v) is 2.88. The van der Waals surface area contributed by atoms with E-state index in [1.54, 1.807) is 0 Å². The molecule has 0 aromatic carbocycles. The molecule has 0 radical (unpaired) electrons. The first-order valence-electron chi connectivity index (χ1n) is 2.88. The zero-order chi connectivity index (χ0) is 8.59. The van der Waals surface area contributed by atoms with Gasteiger partial charge >= 0.3 is 0 Å². The Kier molecular flexibility index (Phi) is 1.52. The Hall–Kier alpha value is -1.59. The van der Waals surface area contributed by atoms with Crippen LogP contribution in [0.2, 0.25) is 0 Å². The molecule has 0 amide bonds. The maximum Gasteiger partial charge on any atom is 0.300 e. The largest absolute Gasteiger partial charge is 0.492 e. The van der Waals surface area contributed by atoms with Crippen molar-refractivity contribution < 1.29 is 5.11 Å². The van der Waals surface area contributed by atoms with E-state index in [1.165, 1.54) is 14.1 Å². The fraction of sp³-hybridized carbons (Fsp3) is 0.400. The van der Waals surface area contributed by atoms with Gasteiger partial charge in [0.05, 0.1) is 0 Å². The van der Waals surface area contributed by atoms with Crippen molar-refractivity contribution in [3.63, 3.8) is 0 Å². The van der Waals surface area contributed by atoms with Gasteiger partial charge in [0, 0.05) is 14.1 Å². The fourth-order valence-electron chi connectivity index (χ4n) is 0.760. The van der Waals surface area contributed by atoms with Crippen LogP contribution in [0.4, 0.5) is 5.69 Å². The van der Waals surface area contributed by atoms with Crippen molar-refractivity contribution in [3.05, 3.63) is 15.3 Å². The third-order valence-corrected chi connectivity index (χ3v) is 1.56. The van der Waals surface area contributed by atoms with Crippen molar-refractivity contribution in [1.29, 1.82) is 0 Å². The molecule has 0 bridgehead atoms. The highest BCUT2D eigenvalue weighted by molar-refractivity contribution is 5.44. The van der Waals surface area contributed by atoms with E-state index >= 15 is 0 Å². The monoisotopic (exact) mass is 157 g/mol. The zero-order valence-corrected chi connectivity index (χ0v) is 6.11. The lowest BCUT2D eigenvalue weighted by Gasteiger charge is -1.97. The molecule has 1 rings (SSSR count). The average Bonchev–Trinajstić information content (AvgIpc) is 2.17. The molecule has 6 nitrogen and oxygen atoms in total. The molecule has 0 unspecified atom stereocenters. The standard InChI is InChI=1S/C5H7N3O3/c1-7-4(9)3(6-11)5(10)8(7)2/h9H,1-2H3. The molecule has 0 saturated heterocycles. The Morgan fingerprint density at radius 2 is 1.91 bits per heavy atom. The summed E-state index contributed by atoms with van der Waals surface area (Å²) in [7, 11) is 2.88.